The Morgan fingerprint density at radius 1 is 1.33 bits per heavy atom. The van der Waals surface area contributed by atoms with Gasteiger partial charge in [-0.1, -0.05) is 28.1 Å². The van der Waals surface area contributed by atoms with Crippen molar-refractivity contribution >= 4 is 34.5 Å². The number of carbonyl (C=O) groups is 1. The molecule has 3 rings (SSSR count). The molecule has 0 N–H and O–H groups in total. The molecule has 1 amide bonds. The first kappa shape index (κ1) is 12.5. The summed E-state index contributed by atoms with van der Waals surface area (Å²) in [5.41, 5.74) is 1.27. The van der Waals surface area contributed by atoms with Crippen molar-refractivity contribution in [3.05, 3.63) is 34.3 Å². The Morgan fingerprint density at radius 2 is 2.00 bits per heavy atom. The molecule has 2 aliphatic rings. The summed E-state index contributed by atoms with van der Waals surface area (Å²) in [6, 6.07) is 8.40. The van der Waals surface area contributed by atoms with Crippen molar-refractivity contribution in [3.8, 4) is 0 Å². The van der Waals surface area contributed by atoms with Crippen LogP contribution in [0.5, 0.6) is 0 Å². The number of carbonyl (C=O) groups excluding carboxylic acids is 1. The largest absolute Gasteiger partial charge is 0.333 e. The number of amides is 1. The lowest BCUT2D eigenvalue weighted by Gasteiger charge is -2.28. The van der Waals surface area contributed by atoms with Crippen LogP contribution in [0.25, 0.3) is 0 Å². The van der Waals surface area contributed by atoms with Gasteiger partial charge >= 0.3 is 0 Å². The van der Waals surface area contributed by atoms with Gasteiger partial charge in [-0.05, 0) is 42.2 Å². The van der Waals surface area contributed by atoms with Gasteiger partial charge in [-0.2, -0.15) is 12.6 Å². The van der Waals surface area contributed by atoms with Crippen LogP contribution in [0.2, 0.25) is 0 Å². The van der Waals surface area contributed by atoms with Crippen LogP contribution in [0.15, 0.2) is 28.7 Å². The van der Waals surface area contributed by atoms with E-state index in [1.54, 1.807) is 0 Å². The van der Waals surface area contributed by atoms with Crippen LogP contribution in [-0.4, -0.2) is 23.1 Å². The second-order valence-corrected chi connectivity index (χ2v) is 6.58. The summed E-state index contributed by atoms with van der Waals surface area (Å²) in [6.45, 7) is 0.873. The van der Waals surface area contributed by atoms with Crippen LogP contribution in [0.4, 0.5) is 0 Å². The fourth-order valence-corrected chi connectivity index (χ4v) is 3.42. The fourth-order valence-electron chi connectivity index (χ4n) is 2.91. The van der Waals surface area contributed by atoms with Crippen LogP contribution < -0.4 is 0 Å². The molecule has 0 spiro atoms. The number of halogens is 1. The molecule has 1 aromatic rings. The molecule has 1 aliphatic carbocycles. The molecule has 2 fully saturated rings. The quantitative estimate of drug-likeness (QED) is 0.846. The van der Waals surface area contributed by atoms with Crippen LogP contribution in [0.3, 0.4) is 0 Å². The minimum Gasteiger partial charge on any atom is -0.333 e. The molecule has 2 nitrogen and oxygen atoms in total. The molecule has 0 bridgehead atoms. The van der Waals surface area contributed by atoms with E-state index in [0.29, 0.717) is 18.2 Å². The second kappa shape index (κ2) is 4.57. The third kappa shape index (κ3) is 1.99. The molecule has 1 saturated heterocycles. The van der Waals surface area contributed by atoms with Crippen LogP contribution >= 0.6 is 28.6 Å². The number of nitrogens with zero attached hydrogens (tertiary/aromatic N) is 1. The van der Waals surface area contributed by atoms with Gasteiger partial charge in [-0.25, -0.2) is 0 Å². The monoisotopic (exact) mass is 325 g/mol. The highest BCUT2D eigenvalue weighted by Crippen LogP contribution is 2.53. The van der Waals surface area contributed by atoms with Gasteiger partial charge in [0.1, 0.15) is 0 Å². The number of benzene rings is 1. The lowest BCUT2D eigenvalue weighted by Crippen LogP contribution is -2.36. The molecule has 0 radical (unpaired) electrons. The number of hydrogen-bond acceptors (Lipinski definition) is 2. The third-order valence-electron chi connectivity index (χ3n) is 4.09. The predicted octanol–water partition coefficient (Wildman–Crippen LogP) is 3.22. The van der Waals surface area contributed by atoms with Gasteiger partial charge in [-0.3, -0.25) is 4.79 Å². The van der Waals surface area contributed by atoms with Crippen molar-refractivity contribution in [2.45, 2.75) is 24.8 Å². The first-order valence-electron chi connectivity index (χ1n) is 6.33. The molecule has 0 aromatic heterocycles. The third-order valence-corrected chi connectivity index (χ3v) is 5.13. The summed E-state index contributed by atoms with van der Waals surface area (Å²) in [4.78, 5) is 14.2. The van der Waals surface area contributed by atoms with Crippen molar-refractivity contribution in [2.75, 3.05) is 12.3 Å². The zero-order chi connectivity index (χ0) is 12.8. The van der Waals surface area contributed by atoms with Crippen molar-refractivity contribution in [1.82, 2.24) is 4.90 Å². The molecule has 1 aromatic carbocycles. The average molecular weight is 326 g/mol. The first-order chi connectivity index (χ1) is 8.65. The van der Waals surface area contributed by atoms with E-state index in [4.69, 9.17) is 0 Å². The summed E-state index contributed by atoms with van der Waals surface area (Å²) in [5, 5.41) is 0. The standard InChI is InChI=1S/C14H16BrNOS/c15-12-3-1-11(2-4-12)14(5-6-14)16-8-10(9-18)7-13(16)17/h1-4,10,18H,5-9H2. The molecular weight excluding hydrogens is 310 g/mol. The highest BCUT2D eigenvalue weighted by molar-refractivity contribution is 9.10. The highest BCUT2D eigenvalue weighted by Gasteiger charge is 2.53. The van der Waals surface area contributed by atoms with Crippen LogP contribution in [0, 0.1) is 5.92 Å². The van der Waals surface area contributed by atoms with E-state index in [1.807, 2.05) is 0 Å². The zero-order valence-electron chi connectivity index (χ0n) is 10.1. The molecule has 1 aliphatic heterocycles. The molecule has 1 saturated carbocycles. The van der Waals surface area contributed by atoms with Crippen molar-refractivity contribution in [2.24, 2.45) is 5.92 Å². The van der Waals surface area contributed by atoms with Gasteiger partial charge in [0.2, 0.25) is 5.91 Å². The Morgan fingerprint density at radius 3 is 2.50 bits per heavy atom. The molecule has 1 atom stereocenters. The van der Waals surface area contributed by atoms with Gasteiger partial charge in [-0.15, -0.1) is 0 Å². The van der Waals surface area contributed by atoms with E-state index >= 15 is 0 Å². The van der Waals surface area contributed by atoms with Crippen molar-refractivity contribution in [3.63, 3.8) is 0 Å². The molecule has 4 heteroatoms. The Hall–Kier alpha value is -0.480. The maximum Gasteiger partial charge on any atom is 0.223 e. The minimum absolute atomic E-state index is 0.00448. The van der Waals surface area contributed by atoms with Crippen LogP contribution in [0.1, 0.15) is 24.8 Å². The minimum atomic E-state index is -0.00448. The van der Waals surface area contributed by atoms with Crippen LogP contribution in [-0.2, 0) is 10.3 Å². The number of likely N-dealkylation sites (tertiary alicyclic amines) is 1. The lowest BCUT2D eigenvalue weighted by atomic mass is 10.0. The first-order valence-corrected chi connectivity index (χ1v) is 7.76. The Bertz CT molecular complexity index is 469. The van der Waals surface area contributed by atoms with E-state index in [-0.39, 0.29) is 5.54 Å². The molecule has 18 heavy (non-hydrogen) atoms. The zero-order valence-corrected chi connectivity index (χ0v) is 12.6. The van der Waals surface area contributed by atoms with Gasteiger partial charge in [0.15, 0.2) is 0 Å². The molecule has 1 heterocycles. The van der Waals surface area contributed by atoms with Gasteiger partial charge in [0, 0.05) is 17.4 Å². The summed E-state index contributed by atoms with van der Waals surface area (Å²) >= 11 is 7.79. The predicted molar refractivity (Wildman–Crippen MR) is 78.7 cm³/mol. The van der Waals surface area contributed by atoms with Gasteiger partial charge in [0.05, 0.1) is 5.54 Å². The van der Waals surface area contributed by atoms with E-state index in [9.17, 15) is 4.79 Å². The molecule has 1 unspecified atom stereocenters. The highest BCUT2D eigenvalue weighted by atomic mass is 79.9. The SMILES string of the molecule is O=C1CC(CS)CN1C1(c2ccc(Br)cc2)CC1. The van der Waals surface area contributed by atoms with E-state index < -0.39 is 0 Å². The number of hydrogen-bond donors (Lipinski definition) is 1. The Kier molecular flexibility index (Phi) is 3.18. The Labute approximate surface area is 121 Å². The summed E-state index contributed by atoms with van der Waals surface area (Å²) in [6.07, 6.45) is 2.86. The fraction of sp³-hybridized carbons (Fsp3) is 0.500. The van der Waals surface area contributed by atoms with E-state index in [1.165, 1.54) is 5.56 Å². The van der Waals surface area contributed by atoms with Gasteiger partial charge in [0.25, 0.3) is 0 Å². The average Bonchev–Trinajstić information content (AvgIpc) is 3.08. The smallest absolute Gasteiger partial charge is 0.223 e. The Balaban J connectivity index is 1.87. The van der Waals surface area contributed by atoms with E-state index in [0.717, 1.165) is 29.6 Å². The summed E-state index contributed by atoms with van der Waals surface area (Å²) < 4.78 is 1.09. The maximum atomic E-state index is 12.2. The molecule has 96 valence electrons. The topological polar surface area (TPSA) is 20.3 Å². The maximum absolute atomic E-state index is 12.2. The summed E-state index contributed by atoms with van der Waals surface area (Å²) in [7, 11) is 0. The molecular formula is C14H16BrNOS. The normalized spacial score (nSPS) is 25.6. The lowest BCUT2D eigenvalue weighted by molar-refractivity contribution is -0.130. The number of rotatable bonds is 3. The van der Waals surface area contributed by atoms with Crippen molar-refractivity contribution < 1.29 is 4.79 Å². The van der Waals surface area contributed by atoms with Gasteiger partial charge < -0.3 is 4.90 Å². The summed E-state index contributed by atoms with van der Waals surface area (Å²) in [5.74, 6) is 1.53. The number of thiol groups is 1. The van der Waals surface area contributed by atoms with E-state index in [2.05, 4.69) is 57.7 Å². The second-order valence-electron chi connectivity index (χ2n) is 5.30. The van der Waals surface area contributed by atoms with Crippen molar-refractivity contribution in [1.29, 1.82) is 0 Å².